The summed E-state index contributed by atoms with van der Waals surface area (Å²) in [6, 6.07) is 28.6. The van der Waals surface area contributed by atoms with Gasteiger partial charge in [-0.2, -0.15) is 0 Å². The second kappa shape index (κ2) is 10.1. The van der Waals surface area contributed by atoms with Crippen LogP contribution in [0.2, 0.25) is 0 Å². The highest BCUT2D eigenvalue weighted by molar-refractivity contribution is 7.88. The van der Waals surface area contributed by atoms with Gasteiger partial charge in [0, 0.05) is 13.1 Å². The third-order valence-corrected chi connectivity index (χ3v) is 7.71. The van der Waals surface area contributed by atoms with Crippen LogP contribution in [0, 0.1) is 5.92 Å². The van der Waals surface area contributed by atoms with Crippen LogP contribution in [0.25, 0.3) is 0 Å². The minimum Gasteiger partial charge on any atom is -0.345 e. The number of hydrogen-bond acceptors (Lipinski definition) is 3. The Balaban J connectivity index is 1.48. The summed E-state index contributed by atoms with van der Waals surface area (Å²) < 4.78 is 27.4. The van der Waals surface area contributed by atoms with Gasteiger partial charge in [0.05, 0.1) is 17.7 Å². The zero-order valence-electron chi connectivity index (χ0n) is 17.9. The van der Waals surface area contributed by atoms with Gasteiger partial charge in [-0.1, -0.05) is 91.0 Å². The molecule has 1 aliphatic rings. The molecule has 0 spiro atoms. The fourth-order valence-electron chi connectivity index (χ4n) is 4.20. The van der Waals surface area contributed by atoms with E-state index in [1.165, 1.54) is 4.31 Å². The average Bonchev–Trinajstić information content (AvgIpc) is 2.84. The Morgan fingerprint density at radius 1 is 0.875 bits per heavy atom. The number of nitrogens with one attached hydrogen (secondary N) is 1. The van der Waals surface area contributed by atoms with Crippen molar-refractivity contribution >= 4 is 15.9 Å². The first-order valence-corrected chi connectivity index (χ1v) is 12.6. The molecule has 3 aromatic rings. The van der Waals surface area contributed by atoms with Gasteiger partial charge in [-0.05, 0) is 29.5 Å². The van der Waals surface area contributed by atoms with E-state index in [2.05, 4.69) is 5.32 Å². The van der Waals surface area contributed by atoms with Crippen LogP contribution in [0.15, 0.2) is 91.0 Å². The van der Waals surface area contributed by atoms with Gasteiger partial charge >= 0.3 is 0 Å². The number of amides is 1. The Morgan fingerprint density at radius 2 is 1.41 bits per heavy atom. The van der Waals surface area contributed by atoms with Gasteiger partial charge in [0.2, 0.25) is 15.9 Å². The highest BCUT2D eigenvalue weighted by Gasteiger charge is 2.33. The van der Waals surface area contributed by atoms with Crippen molar-refractivity contribution < 1.29 is 13.2 Å². The van der Waals surface area contributed by atoms with E-state index in [1.54, 1.807) is 0 Å². The van der Waals surface area contributed by atoms with Crippen molar-refractivity contribution in [2.75, 3.05) is 13.1 Å². The number of benzene rings is 3. The van der Waals surface area contributed by atoms with Gasteiger partial charge in [0.25, 0.3) is 0 Å². The topological polar surface area (TPSA) is 66.5 Å². The summed E-state index contributed by atoms with van der Waals surface area (Å²) in [6.07, 6.45) is 1.35. The second-order valence-corrected chi connectivity index (χ2v) is 10.2. The third-order valence-electron chi connectivity index (χ3n) is 5.89. The smallest absolute Gasteiger partial charge is 0.225 e. The third kappa shape index (κ3) is 5.44. The zero-order chi connectivity index (χ0) is 22.4. The maximum Gasteiger partial charge on any atom is 0.225 e. The van der Waals surface area contributed by atoms with E-state index in [-0.39, 0.29) is 30.2 Å². The second-order valence-electron chi connectivity index (χ2n) is 8.20. The lowest BCUT2D eigenvalue weighted by Gasteiger charge is -2.32. The quantitative estimate of drug-likeness (QED) is 0.591. The molecule has 166 valence electrons. The number of sulfonamides is 1. The molecule has 5 nitrogen and oxygen atoms in total. The molecule has 32 heavy (non-hydrogen) atoms. The summed E-state index contributed by atoms with van der Waals surface area (Å²) in [4.78, 5) is 13.3. The highest BCUT2D eigenvalue weighted by atomic mass is 32.2. The van der Waals surface area contributed by atoms with Crippen LogP contribution >= 0.6 is 0 Å². The van der Waals surface area contributed by atoms with Crippen molar-refractivity contribution in [2.24, 2.45) is 5.92 Å². The van der Waals surface area contributed by atoms with E-state index >= 15 is 0 Å². The van der Waals surface area contributed by atoms with E-state index in [1.807, 2.05) is 91.0 Å². The molecule has 1 amide bonds. The van der Waals surface area contributed by atoms with Gasteiger partial charge in [-0.3, -0.25) is 4.79 Å². The van der Waals surface area contributed by atoms with Gasteiger partial charge < -0.3 is 5.32 Å². The normalized spacial score (nSPS) is 17.2. The van der Waals surface area contributed by atoms with Gasteiger partial charge in [-0.15, -0.1) is 0 Å². The minimum absolute atomic E-state index is 0.0428. The lowest BCUT2D eigenvalue weighted by atomic mass is 9.95. The monoisotopic (exact) mass is 448 g/mol. The summed E-state index contributed by atoms with van der Waals surface area (Å²) in [5, 5.41) is 3.18. The van der Waals surface area contributed by atoms with Gasteiger partial charge in [0.15, 0.2) is 0 Å². The lowest BCUT2D eigenvalue weighted by molar-refractivity contribution is -0.126. The molecule has 0 bridgehead atoms. The summed E-state index contributed by atoms with van der Waals surface area (Å²) >= 11 is 0. The zero-order valence-corrected chi connectivity index (χ0v) is 18.7. The van der Waals surface area contributed by atoms with Gasteiger partial charge in [-0.25, -0.2) is 12.7 Å². The summed E-state index contributed by atoms with van der Waals surface area (Å²) in [5.74, 6) is -0.523. The van der Waals surface area contributed by atoms with Crippen LogP contribution in [0.4, 0.5) is 0 Å². The number of carbonyl (C=O) groups excluding carboxylic acids is 1. The molecule has 3 aromatic carbocycles. The summed E-state index contributed by atoms with van der Waals surface area (Å²) in [6.45, 7) is 0.678. The molecular weight excluding hydrogens is 420 g/mol. The van der Waals surface area contributed by atoms with Crippen LogP contribution in [-0.4, -0.2) is 31.7 Å². The predicted octanol–water partition coefficient (Wildman–Crippen LogP) is 4.13. The molecule has 0 aromatic heterocycles. The van der Waals surface area contributed by atoms with Crippen molar-refractivity contribution in [3.8, 4) is 0 Å². The standard InChI is InChI=1S/C26H28N2O3S/c29-26(27-25(22-13-6-2-7-14-22)23-15-8-3-9-16-23)24-17-10-18-28(19-24)32(30,31)20-21-11-4-1-5-12-21/h1-9,11-16,24-25H,10,17-20H2,(H,27,29)/t24-/m0/s1. The molecule has 0 saturated carbocycles. The van der Waals surface area contributed by atoms with Crippen molar-refractivity contribution in [2.45, 2.75) is 24.6 Å². The Labute approximate surface area is 190 Å². The molecule has 4 rings (SSSR count). The van der Waals surface area contributed by atoms with Crippen molar-refractivity contribution in [3.05, 3.63) is 108 Å². The molecular formula is C26H28N2O3S. The summed E-state index contributed by atoms with van der Waals surface area (Å²) in [5.41, 5.74) is 2.75. The maximum absolute atomic E-state index is 13.3. The van der Waals surface area contributed by atoms with Gasteiger partial charge in [0.1, 0.15) is 0 Å². The molecule has 0 unspecified atom stereocenters. The molecule has 1 aliphatic heterocycles. The Bertz CT molecular complexity index is 1080. The van der Waals surface area contributed by atoms with Crippen molar-refractivity contribution in [1.82, 2.24) is 9.62 Å². The van der Waals surface area contributed by atoms with Crippen molar-refractivity contribution in [3.63, 3.8) is 0 Å². The molecule has 1 saturated heterocycles. The number of rotatable bonds is 7. The van der Waals surface area contributed by atoms with E-state index in [0.29, 0.717) is 19.4 Å². The molecule has 1 atom stereocenters. The fourth-order valence-corrected chi connectivity index (χ4v) is 5.81. The van der Waals surface area contributed by atoms with Crippen LogP contribution in [0.3, 0.4) is 0 Å². The van der Waals surface area contributed by atoms with Crippen LogP contribution in [-0.2, 0) is 20.6 Å². The Morgan fingerprint density at radius 3 is 1.97 bits per heavy atom. The molecule has 1 fully saturated rings. The number of piperidine rings is 1. The van der Waals surface area contributed by atoms with E-state index in [0.717, 1.165) is 16.7 Å². The first-order chi connectivity index (χ1) is 15.5. The van der Waals surface area contributed by atoms with Crippen molar-refractivity contribution in [1.29, 1.82) is 0 Å². The minimum atomic E-state index is -3.48. The number of hydrogen-bond donors (Lipinski definition) is 1. The lowest BCUT2D eigenvalue weighted by Crippen LogP contribution is -2.46. The number of carbonyl (C=O) groups is 1. The van der Waals surface area contributed by atoms with Crippen LogP contribution in [0.1, 0.15) is 35.6 Å². The Kier molecular flexibility index (Phi) is 7.02. The molecule has 1 heterocycles. The van der Waals surface area contributed by atoms with Crippen LogP contribution < -0.4 is 5.32 Å². The molecule has 0 radical (unpaired) electrons. The number of nitrogens with zero attached hydrogens (tertiary/aromatic N) is 1. The predicted molar refractivity (Wildman–Crippen MR) is 126 cm³/mol. The molecule has 6 heteroatoms. The first-order valence-electron chi connectivity index (χ1n) is 10.9. The van der Waals surface area contributed by atoms with E-state index in [9.17, 15) is 13.2 Å². The first kappa shape index (κ1) is 22.2. The average molecular weight is 449 g/mol. The molecule has 1 N–H and O–H groups in total. The SMILES string of the molecule is O=C(NC(c1ccccc1)c1ccccc1)[C@H]1CCCN(S(=O)(=O)Cc2ccccc2)C1. The summed E-state index contributed by atoms with van der Waals surface area (Å²) in [7, 11) is -3.48. The largest absolute Gasteiger partial charge is 0.345 e. The Hall–Kier alpha value is -2.96. The maximum atomic E-state index is 13.3. The van der Waals surface area contributed by atoms with E-state index < -0.39 is 10.0 Å². The molecule has 0 aliphatic carbocycles. The van der Waals surface area contributed by atoms with Crippen LogP contribution in [0.5, 0.6) is 0 Å². The fraction of sp³-hybridized carbons (Fsp3) is 0.269. The van der Waals surface area contributed by atoms with E-state index in [4.69, 9.17) is 0 Å². The highest BCUT2D eigenvalue weighted by Crippen LogP contribution is 2.25.